The molecule has 5 N–H and O–H groups in total. The summed E-state index contributed by atoms with van der Waals surface area (Å²) in [7, 11) is 0. The first-order valence-corrected chi connectivity index (χ1v) is 7.24. The van der Waals surface area contributed by atoms with E-state index in [9.17, 15) is 4.79 Å². The summed E-state index contributed by atoms with van der Waals surface area (Å²) in [6.45, 7) is 4.25. The number of thioether (sulfide) groups is 1. The Bertz CT molecular complexity index is 409. The first-order chi connectivity index (χ1) is 8.56. The number of carbonyl (C=O) groups is 1. The summed E-state index contributed by atoms with van der Waals surface area (Å²) in [6.07, 6.45) is 1.05. The van der Waals surface area contributed by atoms with E-state index >= 15 is 0 Å². The lowest BCUT2D eigenvalue weighted by Crippen LogP contribution is -2.19. The second kappa shape index (κ2) is 7.16. The third-order valence-corrected chi connectivity index (χ3v) is 3.61. The predicted molar refractivity (Wildman–Crippen MR) is 80.1 cm³/mol. The van der Waals surface area contributed by atoms with E-state index in [1.807, 2.05) is 17.8 Å². The fourth-order valence-electron chi connectivity index (χ4n) is 1.65. The van der Waals surface area contributed by atoms with Crippen molar-refractivity contribution in [2.45, 2.75) is 26.3 Å². The number of rotatable bonds is 7. The van der Waals surface area contributed by atoms with Gasteiger partial charge in [0.05, 0.1) is 16.9 Å². The lowest BCUT2D eigenvalue weighted by molar-refractivity contribution is 0.100. The maximum Gasteiger partial charge on any atom is 0.250 e. The molecule has 4 nitrogen and oxygen atoms in total. The zero-order valence-corrected chi connectivity index (χ0v) is 11.7. The molecule has 0 aromatic heterocycles. The monoisotopic (exact) mass is 267 g/mol. The molecule has 0 bridgehead atoms. The van der Waals surface area contributed by atoms with Gasteiger partial charge in [-0.3, -0.25) is 4.79 Å². The van der Waals surface area contributed by atoms with Crippen molar-refractivity contribution in [3.63, 3.8) is 0 Å². The second-order valence-corrected chi connectivity index (χ2v) is 5.56. The van der Waals surface area contributed by atoms with Gasteiger partial charge in [0.25, 0.3) is 5.91 Å². The Morgan fingerprint density at radius 2 is 2.22 bits per heavy atom. The Balaban J connectivity index is 2.67. The van der Waals surface area contributed by atoms with Gasteiger partial charge in [-0.15, -0.1) is 0 Å². The van der Waals surface area contributed by atoms with Crippen LogP contribution in [0.4, 0.5) is 11.4 Å². The highest BCUT2D eigenvalue weighted by molar-refractivity contribution is 7.99. The van der Waals surface area contributed by atoms with Gasteiger partial charge in [-0.05, 0) is 37.0 Å². The van der Waals surface area contributed by atoms with Crippen LogP contribution in [-0.4, -0.2) is 23.5 Å². The number of nitrogens with one attached hydrogen (secondary N) is 1. The highest BCUT2D eigenvalue weighted by Gasteiger charge is 2.10. The van der Waals surface area contributed by atoms with Gasteiger partial charge in [-0.1, -0.05) is 13.0 Å². The number of amides is 1. The molecule has 1 aromatic carbocycles. The molecule has 1 unspecified atom stereocenters. The highest BCUT2D eigenvalue weighted by Crippen LogP contribution is 2.23. The van der Waals surface area contributed by atoms with Crippen molar-refractivity contribution in [3.8, 4) is 0 Å². The summed E-state index contributed by atoms with van der Waals surface area (Å²) in [5, 5.41) is 3.32. The average Bonchev–Trinajstić information content (AvgIpc) is 2.32. The first kappa shape index (κ1) is 14.7. The van der Waals surface area contributed by atoms with Gasteiger partial charge in [0, 0.05) is 6.04 Å². The van der Waals surface area contributed by atoms with Gasteiger partial charge in [0.2, 0.25) is 0 Å². The van der Waals surface area contributed by atoms with Crippen LogP contribution in [0.25, 0.3) is 0 Å². The Kier molecular flexibility index (Phi) is 5.85. The SMILES string of the molecule is CCSCCC(C)Nc1cccc(C(N)=O)c1N. The van der Waals surface area contributed by atoms with Gasteiger partial charge in [-0.25, -0.2) is 0 Å². The van der Waals surface area contributed by atoms with Crippen LogP contribution in [0.2, 0.25) is 0 Å². The van der Waals surface area contributed by atoms with E-state index in [2.05, 4.69) is 19.2 Å². The number of benzene rings is 1. The van der Waals surface area contributed by atoms with Crippen molar-refractivity contribution < 1.29 is 4.79 Å². The van der Waals surface area contributed by atoms with Crippen molar-refractivity contribution in [1.82, 2.24) is 0 Å². The molecule has 0 spiro atoms. The Hall–Kier alpha value is -1.36. The average molecular weight is 267 g/mol. The predicted octanol–water partition coefficient (Wildman–Crippen LogP) is 2.31. The number of hydrogen-bond donors (Lipinski definition) is 3. The maximum atomic E-state index is 11.2. The van der Waals surface area contributed by atoms with Crippen molar-refractivity contribution in [1.29, 1.82) is 0 Å². The van der Waals surface area contributed by atoms with Gasteiger partial charge < -0.3 is 16.8 Å². The number of nitrogen functional groups attached to an aromatic ring is 1. The van der Waals surface area contributed by atoms with E-state index in [-0.39, 0.29) is 0 Å². The number of nitrogens with two attached hydrogens (primary N) is 2. The summed E-state index contributed by atoms with van der Waals surface area (Å²) >= 11 is 1.91. The minimum absolute atomic E-state index is 0.314. The number of para-hydroxylation sites is 1. The second-order valence-electron chi connectivity index (χ2n) is 4.16. The molecule has 18 heavy (non-hydrogen) atoms. The Morgan fingerprint density at radius 1 is 1.50 bits per heavy atom. The van der Waals surface area contributed by atoms with Crippen molar-refractivity contribution in [2.24, 2.45) is 5.73 Å². The summed E-state index contributed by atoms with van der Waals surface area (Å²) in [5.74, 6) is 1.75. The van der Waals surface area contributed by atoms with Gasteiger partial charge in [0.1, 0.15) is 0 Å². The minimum atomic E-state index is -0.495. The molecule has 0 aliphatic heterocycles. The van der Waals surface area contributed by atoms with Crippen LogP contribution in [0.15, 0.2) is 18.2 Å². The summed E-state index contributed by atoms with van der Waals surface area (Å²) in [5.41, 5.74) is 12.8. The van der Waals surface area contributed by atoms with Crippen molar-refractivity contribution >= 4 is 29.0 Å². The van der Waals surface area contributed by atoms with Crippen molar-refractivity contribution in [3.05, 3.63) is 23.8 Å². The van der Waals surface area contributed by atoms with Crippen LogP contribution in [-0.2, 0) is 0 Å². The van der Waals surface area contributed by atoms with Gasteiger partial charge in [-0.2, -0.15) is 11.8 Å². The van der Waals surface area contributed by atoms with Crippen LogP contribution in [0.3, 0.4) is 0 Å². The van der Waals surface area contributed by atoms with E-state index in [1.165, 1.54) is 0 Å². The number of primary amides is 1. The zero-order chi connectivity index (χ0) is 13.5. The molecule has 1 aromatic rings. The third kappa shape index (κ3) is 4.14. The third-order valence-electron chi connectivity index (χ3n) is 2.67. The van der Waals surface area contributed by atoms with E-state index in [1.54, 1.807) is 12.1 Å². The lowest BCUT2D eigenvalue weighted by Gasteiger charge is -2.17. The molecular formula is C13H21N3OS. The lowest BCUT2D eigenvalue weighted by atomic mass is 10.1. The van der Waals surface area contributed by atoms with E-state index in [0.717, 1.165) is 23.6 Å². The van der Waals surface area contributed by atoms with E-state index < -0.39 is 5.91 Å². The van der Waals surface area contributed by atoms with E-state index in [4.69, 9.17) is 11.5 Å². The van der Waals surface area contributed by atoms with Crippen LogP contribution in [0.1, 0.15) is 30.6 Å². The van der Waals surface area contributed by atoms with Crippen LogP contribution < -0.4 is 16.8 Å². The molecule has 0 radical (unpaired) electrons. The molecular weight excluding hydrogens is 246 g/mol. The Morgan fingerprint density at radius 3 is 2.83 bits per heavy atom. The van der Waals surface area contributed by atoms with E-state index in [0.29, 0.717) is 17.3 Å². The topological polar surface area (TPSA) is 81.1 Å². The minimum Gasteiger partial charge on any atom is -0.396 e. The quantitative estimate of drug-likeness (QED) is 0.523. The van der Waals surface area contributed by atoms with Gasteiger partial charge >= 0.3 is 0 Å². The molecule has 0 saturated heterocycles. The van der Waals surface area contributed by atoms with Gasteiger partial charge in [0.15, 0.2) is 0 Å². The number of carbonyl (C=O) groups excluding carboxylic acids is 1. The molecule has 1 amide bonds. The normalized spacial score (nSPS) is 12.1. The van der Waals surface area contributed by atoms with Crippen molar-refractivity contribution in [2.75, 3.05) is 22.6 Å². The molecule has 5 heteroatoms. The molecule has 0 heterocycles. The fraction of sp³-hybridized carbons (Fsp3) is 0.462. The Labute approximate surface area is 113 Å². The highest BCUT2D eigenvalue weighted by atomic mass is 32.2. The van der Waals surface area contributed by atoms with Crippen LogP contribution in [0, 0.1) is 0 Å². The fourth-order valence-corrected chi connectivity index (χ4v) is 2.46. The smallest absolute Gasteiger partial charge is 0.250 e. The summed E-state index contributed by atoms with van der Waals surface area (Å²) in [4.78, 5) is 11.2. The molecule has 0 saturated carbocycles. The zero-order valence-electron chi connectivity index (χ0n) is 10.9. The standard InChI is InChI=1S/C13H21N3OS/c1-3-18-8-7-9(2)16-11-6-4-5-10(12(11)14)13(15)17/h4-6,9,16H,3,7-8,14H2,1-2H3,(H2,15,17). The summed E-state index contributed by atoms with van der Waals surface area (Å²) in [6, 6.07) is 5.60. The molecule has 0 fully saturated rings. The molecule has 0 aliphatic carbocycles. The molecule has 1 atom stereocenters. The van der Waals surface area contributed by atoms with Crippen LogP contribution >= 0.6 is 11.8 Å². The van der Waals surface area contributed by atoms with Crippen LogP contribution in [0.5, 0.6) is 0 Å². The number of hydrogen-bond acceptors (Lipinski definition) is 4. The largest absolute Gasteiger partial charge is 0.396 e. The first-order valence-electron chi connectivity index (χ1n) is 6.08. The maximum absolute atomic E-state index is 11.2. The number of anilines is 2. The summed E-state index contributed by atoms with van der Waals surface area (Å²) < 4.78 is 0. The molecule has 0 aliphatic rings. The molecule has 100 valence electrons. The molecule has 1 rings (SSSR count).